The van der Waals surface area contributed by atoms with Crippen LogP contribution in [-0.4, -0.2) is 24.1 Å². The third kappa shape index (κ3) is 6.06. The third-order valence-electron chi connectivity index (χ3n) is 12.0. The van der Waals surface area contributed by atoms with Gasteiger partial charge in [0.1, 0.15) is 0 Å². The summed E-state index contributed by atoms with van der Waals surface area (Å²) in [5, 5.41) is 4.56. The molecule has 0 aliphatic heterocycles. The fourth-order valence-electron chi connectivity index (χ4n) is 9.04. The van der Waals surface area contributed by atoms with Crippen LogP contribution in [0.1, 0.15) is 0 Å². The van der Waals surface area contributed by atoms with Crippen molar-refractivity contribution in [1.82, 2.24) is 24.1 Å². The van der Waals surface area contributed by atoms with E-state index in [4.69, 9.17) is 15.0 Å². The van der Waals surface area contributed by atoms with Crippen molar-refractivity contribution in [2.24, 2.45) is 0 Å². The van der Waals surface area contributed by atoms with Gasteiger partial charge in [-0.05, 0) is 87.0 Å². The molecule has 62 heavy (non-hydrogen) atoms. The Morgan fingerprint density at radius 3 is 1.05 bits per heavy atom. The van der Waals surface area contributed by atoms with E-state index in [1.807, 2.05) is 0 Å². The Morgan fingerprint density at radius 1 is 0.226 bits per heavy atom. The Bertz CT molecular complexity index is 3590. The van der Waals surface area contributed by atoms with Gasteiger partial charge in [-0.2, -0.15) is 15.0 Å². The lowest BCUT2D eigenvalue weighted by Crippen LogP contribution is -2.10. The van der Waals surface area contributed by atoms with E-state index in [0.717, 1.165) is 77.0 Å². The maximum Gasteiger partial charge on any atom is 0.240 e. The fourth-order valence-corrected chi connectivity index (χ4v) is 9.04. The van der Waals surface area contributed by atoms with E-state index < -0.39 is 0 Å². The van der Waals surface area contributed by atoms with Crippen molar-refractivity contribution >= 4 is 43.6 Å². The van der Waals surface area contributed by atoms with Gasteiger partial charge in [0.15, 0.2) is 5.82 Å². The molecule has 12 aromatic rings. The topological polar surface area (TPSA) is 48.5 Å². The Kier molecular flexibility index (Phi) is 8.42. The molecule has 0 amide bonds. The lowest BCUT2D eigenvalue weighted by molar-refractivity contribution is 0.893. The second-order valence-electron chi connectivity index (χ2n) is 15.7. The molecule has 5 nitrogen and oxygen atoms in total. The van der Waals surface area contributed by atoms with Gasteiger partial charge in [0.25, 0.3) is 0 Å². The predicted octanol–water partition coefficient (Wildman–Crippen LogP) is 14.4. The maximum atomic E-state index is 5.41. The fraction of sp³-hybridized carbons (Fsp3) is 0. The first kappa shape index (κ1) is 35.5. The van der Waals surface area contributed by atoms with E-state index in [2.05, 4.69) is 234 Å². The van der Waals surface area contributed by atoms with E-state index in [9.17, 15) is 0 Å². The number of aromatic nitrogens is 5. The van der Waals surface area contributed by atoms with Crippen LogP contribution in [0.2, 0.25) is 0 Å². The third-order valence-corrected chi connectivity index (χ3v) is 12.0. The summed E-state index contributed by atoms with van der Waals surface area (Å²) in [5.41, 5.74) is 14.2. The highest BCUT2D eigenvalue weighted by atomic mass is 15.3. The van der Waals surface area contributed by atoms with Crippen molar-refractivity contribution in [3.63, 3.8) is 0 Å². The summed E-state index contributed by atoms with van der Waals surface area (Å²) < 4.78 is 4.38. The molecule has 9 aromatic carbocycles. The lowest BCUT2D eigenvalue weighted by atomic mass is 9.96. The predicted molar refractivity (Wildman–Crippen MR) is 256 cm³/mol. The second-order valence-corrected chi connectivity index (χ2v) is 15.7. The van der Waals surface area contributed by atoms with Gasteiger partial charge in [0, 0.05) is 27.1 Å². The second kappa shape index (κ2) is 14.7. The highest BCUT2D eigenvalue weighted by Gasteiger charge is 2.21. The molecule has 0 saturated carbocycles. The van der Waals surface area contributed by atoms with Gasteiger partial charge in [-0.3, -0.25) is 9.13 Å². The highest BCUT2D eigenvalue weighted by Crippen LogP contribution is 2.37. The zero-order valence-electron chi connectivity index (χ0n) is 33.6. The Balaban J connectivity index is 1.06. The van der Waals surface area contributed by atoms with Gasteiger partial charge < -0.3 is 0 Å². The average Bonchev–Trinajstić information content (AvgIpc) is 3.87. The molecule has 0 fully saturated rings. The van der Waals surface area contributed by atoms with Crippen molar-refractivity contribution < 1.29 is 0 Å². The number of hydrogen-bond donors (Lipinski definition) is 0. The van der Waals surface area contributed by atoms with Crippen LogP contribution in [0.3, 0.4) is 0 Å². The molecule has 0 aliphatic carbocycles. The summed E-state index contributed by atoms with van der Waals surface area (Å²) in [6.45, 7) is 0. The Hall–Kier alpha value is -8.41. The molecule has 0 N–H and O–H groups in total. The Labute approximate surface area is 358 Å². The molecule has 3 heterocycles. The molecule has 0 unspecified atom stereocenters. The van der Waals surface area contributed by atoms with Crippen molar-refractivity contribution in [2.45, 2.75) is 0 Å². The number of hydrogen-bond acceptors (Lipinski definition) is 3. The summed E-state index contributed by atoms with van der Waals surface area (Å²) in [6, 6.07) is 79.3. The largest absolute Gasteiger partial charge is 0.278 e. The summed E-state index contributed by atoms with van der Waals surface area (Å²) in [7, 11) is 0. The van der Waals surface area contributed by atoms with Crippen LogP contribution in [0.5, 0.6) is 0 Å². The summed E-state index contributed by atoms with van der Waals surface area (Å²) in [5.74, 6) is 1.69. The van der Waals surface area contributed by atoms with Gasteiger partial charge >= 0.3 is 0 Å². The molecular formula is C57H37N5. The van der Waals surface area contributed by atoms with Crippen molar-refractivity contribution in [3.05, 3.63) is 224 Å². The van der Waals surface area contributed by atoms with Crippen LogP contribution in [-0.2, 0) is 0 Å². The number of fused-ring (bicyclic) bond motifs is 6. The van der Waals surface area contributed by atoms with Gasteiger partial charge in [0.05, 0.1) is 22.1 Å². The van der Waals surface area contributed by atoms with E-state index >= 15 is 0 Å². The smallest absolute Gasteiger partial charge is 0.240 e. The Morgan fingerprint density at radius 2 is 0.565 bits per heavy atom. The number of rotatable bonds is 7. The van der Waals surface area contributed by atoms with Gasteiger partial charge in [-0.1, -0.05) is 182 Å². The van der Waals surface area contributed by atoms with Crippen LogP contribution in [0, 0.1) is 0 Å². The molecule has 0 bridgehead atoms. The molecule has 0 saturated heterocycles. The number of benzene rings is 9. The first-order chi connectivity index (χ1) is 30.7. The van der Waals surface area contributed by atoms with Crippen LogP contribution in [0.15, 0.2) is 224 Å². The maximum absolute atomic E-state index is 5.41. The van der Waals surface area contributed by atoms with E-state index in [1.54, 1.807) is 0 Å². The van der Waals surface area contributed by atoms with Crippen molar-refractivity contribution in [2.75, 3.05) is 0 Å². The zero-order chi connectivity index (χ0) is 41.0. The van der Waals surface area contributed by atoms with Crippen LogP contribution >= 0.6 is 0 Å². The van der Waals surface area contributed by atoms with Gasteiger partial charge in [-0.15, -0.1) is 0 Å². The summed E-state index contributed by atoms with van der Waals surface area (Å²) >= 11 is 0. The van der Waals surface area contributed by atoms with Gasteiger partial charge in [-0.25, -0.2) is 0 Å². The number of para-hydroxylation sites is 3. The molecule has 290 valence electrons. The molecule has 5 heteroatoms. The normalized spacial score (nSPS) is 11.5. The zero-order valence-corrected chi connectivity index (χ0v) is 33.6. The molecule has 0 radical (unpaired) electrons. The SMILES string of the molecule is c1ccc(-c2cccc(-c3cccc(-c4cccc(-c5nc(-n6c7ccccc7c7ccccc76)nc(-n6c7ccccc7c7ccc(-c8ccccc8)cc76)n5)c4)c3)c2)cc1. The van der Waals surface area contributed by atoms with E-state index in [1.165, 1.54) is 16.7 Å². The van der Waals surface area contributed by atoms with E-state index in [0.29, 0.717) is 17.7 Å². The van der Waals surface area contributed by atoms with Crippen molar-refractivity contribution in [1.29, 1.82) is 0 Å². The highest BCUT2D eigenvalue weighted by molar-refractivity contribution is 6.10. The number of nitrogens with zero attached hydrogens (tertiary/aromatic N) is 5. The minimum atomic E-state index is 0.550. The lowest BCUT2D eigenvalue weighted by Gasteiger charge is -2.13. The van der Waals surface area contributed by atoms with Crippen molar-refractivity contribution in [3.8, 4) is 67.8 Å². The van der Waals surface area contributed by atoms with E-state index in [-0.39, 0.29) is 0 Å². The summed E-state index contributed by atoms with van der Waals surface area (Å²) in [6.07, 6.45) is 0. The monoisotopic (exact) mass is 791 g/mol. The molecule has 0 aliphatic rings. The van der Waals surface area contributed by atoms with Crippen LogP contribution in [0.4, 0.5) is 0 Å². The standard InChI is InChI=1S/C57H37N5/c1-3-16-38(17-4-1)40-20-13-21-41(34-40)42-22-14-23-43(35-42)44-24-15-25-46(36-44)55-58-56(61-51-29-10-7-26-47(51)48-27-8-11-30-52(48)61)60-57(59-55)62-53-31-12-9-28-49(53)50-33-32-45(37-54(50)62)39-18-5-2-6-19-39/h1-37H. The molecular weight excluding hydrogens is 755 g/mol. The quantitative estimate of drug-likeness (QED) is 0.162. The molecule has 12 rings (SSSR count). The van der Waals surface area contributed by atoms with Gasteiger partial charge in [0.2, 0.25) is 11.9 Å². The minimum Gasteiger partial charge on any atom is -0.278 e. The molecule has 0 spiro atoms. The average molecular weight is 792 g/mol. The molecule has 0 atom stereocenters. The first-order valence-electron chi connectivity index (χ1n) is 20.9. The minimum absolute atomic E-state index is 0.550. The first-order valence-corrected chi connectivity index (χ1v) is 20.9. The molecule has 3 aromatic heterocycles. The summed E-state index contributed by atoms with van der Waals surface area (Å²) in [4.78, 5) is 16.1. The van der Waals surface area contributed by atoms with Crippen LogP contribution in [0.25, 0.3) is 111 Å². The van der Waals surface area contributed by atoms with Crippen LogP contribution < -0.4 is 0 Å².